The lowest BCUT2D eigenvalue weighted by molar-refractivity contribution is 0.0525. The van der Waals surface area contributed by atoms with E-state index in [2.05, 4.69) is 36.8 Å². The van der Waals surface area contributed by atoms with Crippen molar-refractivity contribution in [1.29, 1.82) is 0 Å². The van der Waals surface area contributed by atoms with E-state index in [1.807, 2.05) is 0 Å². The molecule has 0 fully saturated rings. The smallest absolute Gasteiger partial charge is 0.340 e. The van der Waals surface area contributed by atoms with Crippen molar-refractivity contribution in [2.24, 2.45) is 0 Å². The molecule has 4 nitrogen and oxygen atoms in total. The van der Waals surface area contributed by atoms with E-state index in [0.29, 0.717) is 39.5 Å². The first-order valence-corrected chi connectivity index (χ1v) is 7.19. The van der Waals surface area contributed by atoms with Crippen LogP contribution in [0.4, 0.5) is 0 Å². The molecule has 0 saturated carbocycles. The van der Waals surface area contributed by atoms with Crippen molar-refractivity contribution < 1.29 is 14.3 Å². The molecule has 1 aromatic heterocycles. The molecule has 0 aromatic carbocycles. The number of aromatic nitrogens is 1. The topological polar surface area (TPSA) is 56.3 Å². The van der Waals surface area contributed by atoms with Crippen molar-refractivity contribution >= 4 is 44.1 Å². The SMILES string of the molecule is CCOC(=O)c1cc(C=O)c(CBr)nc1CBr. The molecule has 0 N–H and O–H groups in total. The summed E-state index contributed by atoms with van der Waals surface area (Å²) in [5.41, 5.74) is 1.91. The quantitative estimate of drug-likeness (QED) is 0.458. The maximum atomic E-state index is 11.7. The molecule has 0 aliphatic carbocycles. The van der Waals surface area contributed by atoms with Gasteiger partial charge in [0.2, 0.25) is 0 Å². The third kappa shape index (κ3) is 3.35. The largest absolute Gasteiger partial charge is 0.462 e. The number of rotatable bonds is 5. The molecule has 0 radical (unpaired) electrons. The van der Waals surface area contributed by atoms with Gasteiger partial charge in [0.1, 0.15) is 0 Å². The molecule has 0 spiro atoms. The summed E-state index contributed by atoms with van der Waals surface area (Å²) < 4.78 is 4.92. The summed E-state index contributed by atoms with van der Waals surface area (Å²) in [7, 11) is 0. The third-order valence-corrected chi connectivity index (χ3v) is 3.15. The Labute approximate surface area is 116 Å². The van der Waals surface area contributed by atoms with Gasteiger partial charge >= 0.3 is 5.97 Å². The van der Waals surface area contributed by atoms with Gasteiger partial charge in [-0.3, -0.25) is 9.78 Å². The van der Waals surface area contributed by atoms with Crippen LogP contribution in [0.5, 0.6) is 0 Å². The lowest BCUT2D eigenvalue weighted by Crippen LogP contribution is -2.11. The van der Waals surface area contributed by atoms with Crippen LogP contribution in [0.25, 0.3) is 0 Å². The first-order chi connectivity index (χ1) is 8.17. The number of carbonyl (C=O) groups excluding carboxylic acids is 2. The highest BCUT2D eigenvalue weighted by molar-refractivity contribution is 9.08. The Hall–Kier alpha value is -0.750. The van der Waals surface area contributed by atoms with Crippen molar-refractivity contribution in [2.75, 3.05) is 6.61 Å². The number of hydrogen-bond acceptors (Lipinski definition) is 4. The molecule has 0 aliphatic rings. The van der Waals surface area contributed by atoms with Crippen LogP contribution in [0.3, 0.4) is 0 Å². The summed E-state index contributed by atoms with van der Waals surface area (Å²) in [5.74, 6) is -0.460. The zero-order chi connectivity index (χ0) is 12.8. The molecule has 92 valence electrons. The van der Waals surface area contributed by atoms with E-state index >= 15 is 0 Å². The average molecular weight is 365 g/mol. The maximum absolute atomic E-state index is 11.7. The molecule has 0 unspecified atom stereocenters. The maximum Gasteiger partial charge on any atom is 0.340 e. The molecule has 1 rings (SSSR count). The lowest BCUT2D eigenvalue weighted by Gasteiger charge is -2.09. The number of carbonyl (C=O) groups is 2. The van der Waals surface area contributed by atoms with Gasteiger partial charge in [-0.25, -0.2) is 4.79 Å². The van der Waals surface area contributed by atoms with Gasteiger partial charge in [-0.2, -0.15) is 0 Å². The Bertz CT molecular complexity index is 435. The van der Waals surface area contributed by atoms with Crippen LogP contribution in [0.1, 0.15) is 39.0 Å². The Morgan fingerprint density at radius 2 is 2.06 bits per heavy atom. The first-order valence-electron chi connectivity index (χ1n) is 4.94. The van der Waals surface area contributed by atoms with Crippen molar-refractivity contribution in [2.45, 2.75) is 17.6 Å². The van der Waals surface area contributed by atoms with Crippen LogP contribution < -0.4 is 0 Å². The summed E-state index contributed by atoms with van der Waals surface area (Å²) in [6, 6.07) is 1.52. The van der Waals surface area contributed by atoms with Crippen molar-refractivity contribution in [3.63, 3.8) is 0 Å². The summed E-state index contributed by atoms with van der Waals surface area (Å²) in [5, 5.41) is 0.893. The summed E-state index contributed by atoms with van der Waals surface area (Å²) in [6.45, 7) is 2.02. The Morgan fingerprint density at radius 1 is 1.41 bits per heavy atom. The molecule has 6 heteroatoms. The van der Waals surface area contributed by atoms with Gasteiger partial charge in [-0.1, -0.05) is 31.9 Å². The Morgan fingerprint density at radius 3 is 2.53 bits per heavy atom. The van der Waals surface area contributed by atoms with Crippen LogP contribution in [0.2, 0.25) is 0 Å². The minimum atomic E-state index is -0.460. The molecular weight excluding hydrogens is 354 g/mol. The van der Waals surface area contributed by atoms with Gasteiger partial charge in [-0.15, -0.1) is 0 Å². The highest BCUT2D eigenvalue weighted by Gasteiger charge is 2.16. The third-order valence-electron chi connectivity index (χ3n) is 2.09. The van der Waals surface area contributed by atoms with Gasteiger partial charge < -0.3 is 4.74 Å². The van der Waals surface area contributed by atoms with Gasteiger partial charge in [0, 0.05) is 16.2 Å². The number of ether oxygens (including phenoxy) is 1. The second-order valence-electron chi connectivity index (χ2n) is 3.12. The summed E-state index contributed by atoms with van der Waals surface area (Å²) >= 11 is 6.52. The van der Waals surface area contributed by atoms with Crippen LogP contribution in [0, 0.1) is 0 Å². The summed E-state index contributed by atoms with van der Waals surface area (Å²) in [6.07, 6.45) is 0.685. The van der Waals surface area contributed by atoms with Crippen molar-refractivity contribution in [3.8, 4) is 0 Å². The van der Waals surface area contributed by atoms with Crippen molar-refractivity contribution in [1.82, 2.24) is 4.98 Å². The normalized spacial score (nSPS) is 10.1. The standard InChI is InChI=1S/C11H11Br2NO3/c1-2-17-11(16)8-3-7(6-15)9(4-12)14-10(8)5-13/h3,6H,2,4-5H2,1H3. The molecule has 0 saturated heterocycles. The lowest BCUT2D eigenvalue weighted by atomic mass is 10.1. The average Bonchev–Trinajstić information content (AvgIpc) is 2.37. The minimum Gasteiger partial charge on any atom is -0.462 e. The highest BCUT2D eigenvalue weighted by Crippen LogP contribution is 2.18. The highest BCUT2D eigenvalue weighted by atomic mass is 79.9. The van der Waals surface area contributed by atoms with E-state index in [9.17, 15) is 9.59 Å². The van der Waals surface area contributed by atoms with Crippen LogP contribution in [-0.4, -0.2) is 23.8 Å². The number of alkyl halides is 2. The Kier molecular flexibility index (Phi) is 5.77. The second-order valence-corrected chi connectivity index (χ2v) is 4.25. The minimum absolute atomic E-state index is 0.289. The van der Waals surface area contributed by atoms with Gasteiger partial charge in [0.05, 0.1) is 23.6 Å². The fraction of sp³-hybridized carbons (Fsp3) is 0.364. The van der Waals surface area contributed by atoms with Crippen LogP contribution in [0.15, 0.2) is 6.07 Å². The zero-order valence-corrected chi connectivity index (χ0v) is 12.4. The number of aldehydes is 1. The molecule has 0 aliphatic heterocycles. The molecule has 0 amide bonds. The molecular formula is C11H11Br2NO3. The Balaban J connectivity index is 3.28. The number of halogens is 2. The molecule has 1 heterocycles. The number of nitrogens with zero attached hydrogens (tertiary/aromatic N) is 1. The fourth-order valence-electron chi connectivity index (χ4n) is 1.31. The number of esters is 1. The monoisotopic (exact) mass is 363 g/mol. The van der Waals surface area contributed by atoms with Crippen LogP contribution in [-0.2, 0) is 15.4 Å². The van der Waals surface area contributed by atoms with E-state index in [1.54, 1.807) is 6.92 Å². The van der Waals surface area contributed by atoms with E-state index in [1.165, 1.54) is 6.07 Å². The fourth-order valence-corrected chi connectivity index (χ4v) is 2.18. The second kappa shape index (κ2) is 6.86. The summed E-state index contributed by atoms with van der Waals surface area (Å²) in [4.78, 5) is 26.8. The number of hydrogen-bond donors (Lipinski definition) is 0. The van der Waals surface area contributed by atoms with Crippen LogP contribution >= 0.6 is 31.9 Å². The predicted octanol–water partition coefficient (Wildman–Crippen LogP) is 2.86. The predicted molar refractivity (Wildman–Crippen MR) is 70.8 cm³/mol. The molecule has 1 aromatic rings. The molecule has 0 bridgehead atoms. The van der Waals surface area contributed by atoms with Crippen molar-refractivity contribution in [3.05, 3.63) is 28.6 Å². The van der Waals surface area contributed by atoms with Gasteiger partial charge in [0.15, 0.2) is 6.29 Å². The van der Waals surface area contributed by atoms with E-state index < -0.39 is 5.97 Å². The van der Waals surface area contributed by atoms with Gasteiger partial charge in [-0.05, 0) is 13.0 Å². The zero-order valence-electron chi connectivity index (χ0n) is 9.20. The van der Waals surface area contributed by atoms with E-state index in [0.717, 1.165) is 0 Å². The van der Waals surface area contributed by atoms with E-state index in [-0.39, 0.29) is 6.61 Å². The van der Waals surface area contributed by atoms with Gasteiger partial charge in [0.25, 0.3) is 0 Å². The number of pyridine rings is 1. The first kappa shape index (κ1) is 14.3. The molecule has 17 heavy (non-hydrogen) atoms. The van der Waals surface area contributed by atoms with E-state index in [4.69, 9.17) is 4.74 Å². The molecule has 0 atom stereocenters.